The largest absolute Gasteiger partial charge is 0.470 e. The van der Waals surface area contributed by atoms with Crippen LogP contribution in [0.2, 0.25) is 0 Å². The molecule has 0 aliphatic rings. The molecule has 0 aromatic carbocycles. The fourth-order valence-electron chi connectivity index (χ4n) is 1.65. The molecular formula is C13H15N5O3. The number of ether oxygens (including phenoxy) is 1. The van der Waals surface area contributed by atoms with Gasteiger partial charge in [-0.25, -0.2) is 9.97 Å². The van der Waals surface area contributed by atoms with E-state index in [-0.39, 0.29) is 23.5 Å². The van der Waals surface area contributed by atoms with Crippen molar-refractivity contribution in [2.75, 3.05) is 5.32 Å². The molecule has 2 rings (SSSR count). The normalized spacial score (nSPS) is 10.5. The second kappa shape index (κ2) is 6.12. The van der Waals surface area contributed by atoms with Crippen molar-refractivity contribution >= 4 is 17.3 Å². The average Bonchev–Trinajstić information content (AvgIpc) is 2.37. The standard InChI is InChI=1S/C13H15N5O3/c1-8(2)21-13-11(18(19)20)12(15-7-16-13)17-10-6-9(3)4-5-14-10/h4-8H,1-3H3,(H,14,15,16,17). The van der Waals surface area contributed by atoms with E-state index in [2.05, 4.69) is 20.3 Å². The third kappa shape index (κ3) is 3.62. The van der Waals surface area contributed by atoms with Crippen molar-refractivity contribution in [3.8, 4) is 5.88 Å². The Hall–Kier alpha value is -2.77. The number of rotatable bonds is 5. The van der Waals surface area contributed by atoms with Crippen LogP contribution in [-0.2, 0) is 0 Å². The van der Waals surface area contributed by atoms with Crippen LogP contribution in [-0.4, -0.2) is 26.0 Å². The summed E-state index contributed by atoms with van der Waals surface area (Å²) in [6.07, 6.45) is 2.59. The number of anilines is 2. The lowest BCUT2D eigenvalue weighted by atomic mass is 10.3. The zero-order valence-corrected chi connectivity index (χ0v) is 11.9. The molecule has 0 bridgehead atoms. The molecule has 0 fully saturated rings. The Morgan fingerprint density at radius 1 is 1.33 bits per heavy atom. The molecular weight excluding hydrogens is 274 g/mol. The summed E-state index contributed by atoms with van der Waals surface area (Å²) in [5.41, 5.74) is 0.664. The number of aryl methyl sites for hydroxylation is 1. The molecule has 0 spiro atoms. The van der Waals surface area contributed by atoms with Gasteiger partial charge in [0.25, 0.3) is 5.88 Å². The second-order valence-corrected chi connectivity index (χ2v) is 4.64. The Balaban J connectivity index is 2.41. The lowest BCUT2D eigenvalue weighted by Gasteiger charge is -2.11. The summed E-state index contributed by atoms with van der Waals surface area (Å²) in [6, 6.07) is 3.59. The fraction of sp³-hybridized carbons (Fsp3) is 0.308. The monoisotopic (exact) mass is 289 g/mol. The summed E-state index contributed by atoms with van der Waals surface area (Å²) in [5, 5.41) is 14.1. The van der Waals surface area contributed by atoms with Gasteiger partial charge in [-0.1, -0.05) is 0 Å². The van der Waals surface area contributed by atoms with Gasteiger partial charge in [0.2, 0.25) is 5.82 Å². The highest BCUT2D eigenvalue weighted by Crippen LogP contribution is 2.32. The summed E-state index contributed by atoms with van der Waals surface area (Å²) in [7, 11) is 0. The van der Waals surface area contributed by atoms with Crippen molar-refractivity contribution in [3.05, 3.63) is 40.3 Å². The zero-order valence-electron chi connectivity index (χ0n) is 11.9. The van der Waals surface area contributed by atoms with Crippen LogP contribution in [0.1, 0.15) is 19.4 Å². The quantitative estimate of drug-likeness (QED) is 0.666. The maximum Gasteiger partial charge on any atom is 0.373 e. The maximum atomic E-state index is 11.3. The van der Waals surface area contributed by atoms with Crippen LogP contribution in [0.3, 0.4) is 0 Å². The van der Waals surface area contributed by atoms with Crippen molar-refractivity contribution < 1.29 is 9.66 Å². The second-order valence-electron chi connectivity index (χ2n) is 4.64. The van der Waals surface area contributed by atoms with Gasteiger partial charge in [0.1, 0.15) is 12.1 Å². The third-order valence-corrected chi connectivity index (χ3v) is 2.48. The van der Waals surface area contributed by atoms with Crippen LogP contribution in [0.4, 0.5) is 17.3 Å². The van der Waals surface area contributed by atoms with E-state index < -0.39 is 4.92 Å². The highest BCUT2D eigenvalue weighted by molar-refractivity contribution is 5.66. The predicted octanol–water partition coefficient (Wildman–Crippen LogP) is 2.62. The first-order chi connectivity index (χ1) is 9.97. The molecule has 0 saturated carbocycles. The maximum absolute atomic E-state index is 11.3. The molecule has 8 nitrogen and oxygen atoms in total. The van der Waals surface area contributed by atoms with Crippen molar-refractivity contribution in [1.29, 1.82) is 0 Å². The minimum atomic E-state index is -0.574. The Kier molecular flexibility index (Phi) is 4.27. The first-order valence-corrected chi connectivity index (χ1v) is 6.33. The van der Waals surface area contributed by atoms with E-state index in [4.69, 9.17) is 4.74 Å². The number of hydrogen-bond acceptors (Lipinski definition) is 7. The number of nitrogens with zero attached hydrogens (tertiary/aromatic N) is 4. The predicted molar refractivity (Wildman–Crippen MR) is 76.7 cm³/mol. The highest BCUT2D eigenvalue weighted by atomic mass is 16.6. The van der Waals surface area contributed by atoms with Crippen molar-refractivity contribution in [1.82, 2.24) is 15.0 Å². The summed E-state index contributed by atoms with van der Waals surface area (Å²) < 4.78 is 5.36. The van der Waals surface area contributed by atoms with Gasteiger partial charge in [-0.3, -0.25) is 10.1 Å². The molecule has 0 amide bonds. The fourth-order valence-corrected chi connectivity index (χ4v) is 1.65. The molecule has 2 heterocycles. The Bertz CT molecular complexity index is 660. The number of hydrogen-bond donors (Lipinski definition) is 1. The lowest BCUT2D eigenvalue weighted by molar-refractivity contribution is -0.385. The van der Waals surface area contributed by atoms with Crippen molar-refractivity contribution in [3.63, 3.8) is 0 Å². The Morgan fingerprint density at radius 2 is 2.10 bits per heavy atom. The van der Waals surface area contributed by atoms with E-state index in [9.17, 15) is 10.1 Å². The molecule has 0 aliphatic carbocycles. The molecule has 2 aromatic rings. The van der Waals surface area contributed by atoms with Crippen LogP contribution in [0.15, 0.2) is 24.7 Å². The lowest BCUT2D eigenvalue weighted by Crippen LogP contribution is -2.11. The Labute approximate surface area is 121 Å². The van der Waals surface area contributed by atoms with Crippen LogP contribution in [0.25, 0.3) is 0 Å². The van der Waals surface area contributed by atoms with E-state index in [0.29, 0.717) is 5.82 Å². The van der Waals surface area contributed by atoms with Gasteiger partial charge in [0, 0.05) is 6.20 Å². The number of nitro groups is 1. The first-order valence-electron chi connectivity index (χ1n) is 6.33. The highest BCUT2D eigenvalue weighted by Gasteiger charge is 2.25. The molecule has 0 unspecified atom stereocenters. The molecule has 0 radical (unpaired) electrons. The molecule has 1 N–H and O–H groups in total. The van der Waals surface area contributed by atoms with Crippen LogP contribution in [0, 0.1) is 17.0 Å². The van der Waals surface area contributed by atoms with E-state index in [0.717, 1.165) is 5.56 Å². The zero-order chi connectivity index (χ0) is 15.4. The summed E-state index contributed by atoms with van der Waals surface area (Å²) >= 11 is 0. The Morgan fingerprint density at radius 3 is 2.71 bits per heavy atom. The van der Waals surface area contributed by atoms with E-state index in [1.54, 1.807) is 26.1 Å². The van der Waals surface area contributed by atoms with E-state index in [1.165, 1.54) is 6.33 Å². The third-order valence-electron chi connectivity index (χ3n) is 2.48. The first kappa shape index (κ1) is 14.6. The number of aromatic nitrogens is 3. The van der Waals surface area contributed by atoms with Crippen molar-refractivity contribution in [2.45, 2.75) is 26.9 Å². The van der Waals surface area contributed by atoms with Gasteiger partial charge in [0.05, 0.1) is 11.0 Å². The molecule has 110 valence electrons. The number of nitrogens with one attached hydrogen (secondary N) is 1. The topological polar surface area (TPSA) is 103 Å². The molecule has 0 atom stereocenters. The summed E-state index contributed by atoms with van der Waals surface area (Å²) in [6.45, 7) is 5.43. The smallest absolute Gasteiger partial charge is 0.373 e. The van der Waals surface area contributed by atoms with Crippen LogP contribution in [0.5, 0.6) is 5.88 Å². The SMILES string of the molecule is Cc1ccnc(Nc2ncnc(OC(C)C)c2[N+](=O)[O-])c1. The van der Waals surface area contributed by atoms with E-state index in [1.807, 2.05) is 13.0 Å². The van der Waals surface area contributed by atoms with E-state index >= 15 is 0 Å². The average molecular weight is 289 g/mol. The minimum absolute atomic E-state index is 0.0451. The molecule has 21 heavy (non-hydrogen) atoms. The van der Waals surface area contributed by atoms with Gasteiger partial charge >= 0.3 is 5.69 Å². The summed E-state index contributed by atoms with van der Waals surface area (Å²) in [5.74, 6) is 0.441. The molecule has 0 saturated heterocycles. The van der Waals surface area contributed by atoms with Gasteiger partial charge in [-0.15, -0.1) is 0 Å². The molecule has 8 heteroatoms. The van der Waals surface area contributed by atoms with Gasteiger partial charge in [0.15, 0.2) is 0 Å². The van der Waals surface area contributed by atoms with Gasteiger partial charge in [-0.05, 0) is 38.5 Å². The minimum Gasteiger partial charge on any atom is -0.470 e. The van der Waals surface area contributed by atoms with Gasteiger partial charge in [-0.2, -0.15) is 4.98 Å². The summed E-state index contributed by atoms with van der Waals surface area (Å²) in [4.78, 5) is 22.5. The number of pyridine rings is 1. The van der Waals surface area contributed by atoms with Crippen LogP contribution >= 0.6 is 0 Å². The van der Waals surface area contributed by atoms with Crippen LogP contribution < -0.4 is 10.1 Å². The molecule has 2 aromatic heterocycles. The molecule has 0 aliphatic heterocycles. The van der Waals surface area contributed by atoms with Crippen molar-refractivity contribution in [2.24, 2.45) is 0 Å². The van der Waals surface area contributed by atoms with Gasteiger partial charge < -0.3 is 10.1 Å².